The van der Waals surface area contributed by atoms with Gasteiger partial charge in [-0.25, -0.2) is 5.43 Å². The summed E-state index contributed by atoms with van der Waals surface area (Å²) in [7, 11) is 0. The highest BCUT2D eigenvalue weighted by Gasteiger charge is 2.09. The molecule has 0 unspecified atom stereocenters. The van der Waals surface area contributed by atoms with E-state index in [-0.39, 0.29) is 12.5 Å². The van der Waals surface area contributed by atoms with E-state index in [1.54, 1.807) is 17.6 Å². The summed E-state index contributed by atoms with van der Waals surface area (Å²) in [6.45, 7) is 3.82. The average Bonchev–Trinajstić information content (AvgIpc) is 2.83. The van der Waals surface area contributed by atoms with Gasteiger partial charge >= 0.3 is 0 Å². The van der Waals surface area contributed by atoms with Crippen molar-refractivity contribution in [2.45, 2.75) is 13.8 Å². The Morgan fingerprint density at radius 1 is 1.36 bits per heavy atom. The maximum absolute atomic E-state index is 11.7. The first-order chi connectivity index (χ1) is 10.5. The Hall–Kier alpha value is -1.18. The third-order valence-electron chi connectivity index (χ3n) is 2.81. The Morgan fingerprint density at radius 3 is 2.77 bits per heavy atom. The highest BCUT2D eigenvalue weighted by molar-refractivity contribution is 9.11. The lowest BCUT2D eigenvalue weighted by Gasteiger charge is -2.10. The number of carbonyl (C=O) groups excluding carboxylic acids is 1. The average molecular weight is 446 g/mol. The van der Waals surface area contributed by atoms with E-state index < -0.39 is 0 Å². The standard InChI is InChI=1S/C15H14Br2N2O2S/c1-9-3-4-22-13(9)7-18-19-14(20)8-21-15-10(2)5-11(16)6-12(15)17/h3-7H,8H2,1-2H3,(H,19,20)/b18-7+. The predicted molar refractivity (Wildman–Crippen MR) is 96.9 cm³/mol. The molecule has 0 spiro atoms. The van der Waals surface area contributed by atoms with Crippen LogP contribution in [0.15, 0.2) is 37.6 Å². The fourth-order valence-electron chi connectivity index (χ4n) is 1.72. The van der Waals surface area contributed by atoms with Gasteiger partial charge < -0.3 is 4.74 Å². The Bertz CT molecular complexity index is 690. The van der Waals surface area contributed by atoms with Crippen LogP contribution >= 0.6 is 43.2 Å². The molecule has 0 fully saturated rings. The zero-order valence-corrected chi connectivity index (χ0v) is 16.0. The van der Waals surface area contributed by atoms with Crippen molar-refractivity contribution in [1.82, 2.24) is 5.43 Å². The lowest BCUT2D eigenvalue weighted by molar-refractivity contribution is -0.123. The smallest absolute Gasteiger partial charge is 0.277 e. The molecule has 1 heterocycles. The quantitative estimate of drug-likeness (QED) is 0.547. The van der Waals surface area contributed by atoms with Crippen LogP contribution in [0.3, 0.4) is 0 Å². The third kappa shape index (κ3) is 4.66. The van der Waals surface area contributed by atoms with Gasteiger partial charge in [0, 0.05) is 9.35 Å². The van der Waals surface area contributed by atoms with Crippen molar-refractivity contribution in [3.05, 3.63) is 48.5 Å². The first-order valence-corrected chi connectivity index (χ1v) is 8.88. The van der Waals surface area contributed by atoms with Crippen LogP contribution in [0.1, 0.15) is 16.0 Å². The van der Waals surface area contributed by atoms with Gasteiger partial charge in [-0.15, -0.1) is 11.3 Å². The molecule has 0 aliphatic rings. The molecular formula is C15H14Br2N2O2S. The van der Waals surface area contributed by atoms with Crippen LogP contribution in [-0.2, 0) is 4.79 Å². The molecule has 1 aromatic carbocycles. The van der Waals surface area contributed by atoms with Crippen molar-refractivity contribution in [3.8, 4) is 5.75 Å². The van der Waals surface area contributed by atoms with Crippen molar-refractivity contribution in [1.29, 1.82) is 0 Å². The summed E-state index contributed by atoms with van der Waals surface area (Å²) in [4.78, 5) is 12.8. The zero-order valence-electron chi connectivity index (χ0n) is 12.0. The van der Waals surface area contributed by atoms with Gasteiger partial charge in [0.15, 0.2) is 6.61 Å². The Balaban J connectivity index is 1.88. The number of ether oxygens (including phenoxy) is 1. The predicted octanol–water partition coefficient (Wildman–Crippen LogP) is 4.42. The molecule has 0 aliphatic heterocycles. The number of rotatable bonds is 5. The molecule has 2 rings (SSSR count). The Morgan fingerprint density at radius 2 is 2.14 bits per heavy atom. The lowest BCUT2D eigenvalue weighted by Crippen LogP contribution is -2.24. The number of halogens is 2. The molecule has 2 aromatic rings. The van der Waals surface area contributed by atoms with Crippen molar-refractivity contribution >= 4 is 55.3 Å². The van der Waals surface area contributed by atoms with Crippen LogP contribution in [-0.4, -0.2) is 18.7 Å². The van der Waals surface area contributed by atoms with Gasteiger partial charge in [0.05, 0.1) is 10.7 Å². The summed E-state index contributed by atoms with van der Waals surface area (Å²) in [5, 5.41) is 5.91. The van der Waals surface area contributed by atoms with Gasteiger partial charge in [0.25, 0.3) is 5.91 Å². The van der Waals surface area contributed by atoms with Crippen LogP contribution in [0.5, 0.6) is 5.75 Å². The van der Waals surface area contributed by atoms with Gasteiger partial charge in [0.1, 0.15) is 5.75 Å². The minimum atomic E-state index is -0.306. The van der Waals surface area contributed by atoms with Gasteiger partial charge in [-0.2, -0.15) is 5.10 Å². The fraction of sp³-hybridized carbons (Fsp3) is 0.200. The largest absolute Gasteiger partial charge is 0.482 e. The van der Waals surface area contributed by atoms with Gasteiger partial charge in [-0.1, -0.05) is 15.9 Å². The Labute approximate surface area is 149 Å². The van der Waals surface area contributed by atoms with Crippen LogP contribution in [0.4, 0.5) is 0 Å². The summed E-state index contributed by atoms with van der Waals surface area (Å²) in [5.74, 6) is 0.344. The van der Waals surface area contributed by atoms with Gasteiger partial charge in [0.2, 0.25) is 0 Å². The van der Waals surface area contributed by atoms with E-state index in [1.807, 2.05) is 37.4 Å². The highest BCUT2D eigenvalue weighted by atomic mass is 79.9. The molecule has 22 heavy (non-hydrogen) atoms. The first-order valence-electron chi connectivity index (χ1n) is 6.42. The molecule has 1 amide bonds. The van der Waals surface area contributed by atoms with Crippen LogP contribution in [0.2, 0.25) is 0 Å². The first kappa shape index (κ1) is 17.2. The SMILES string of the molecule is Cc1ccsc1/C=N/NC(=O)COc1c(C)cc(Br)cc1Br. The molecule has 116 valence electrons. The summed E-state index contributed by atoms with van der Waals surface area (Å²) < 4.78 is 7.29. The second kappa shape index (κ2) is 7.89. The molecular weight excluding hydrogens is 432 g/mol. The van der Waals surface area contributed by atoms with E-state index >= 15 is 0 Å². The fourth-order valence-corrected chi connectivity index (χ4v) is 4.06. The minimum absolute atomic E-state index is 0.0954. The number of amides is 1. The minimum Gasteiger partial charge on any atom is -0.482 e. The van der Waals surface area contributed by atoms with Crippen LogP contribution < -0.4 is 10.2 Å². The number of carbonyl (C=O) groups is 1. The van der Waals surface area contributed by atoms with Gasteiger partial charge in [-0.05, 0) is 64.5 Å². The van der Waals surface area contributed by atoms with E-state index in [1.165, 1.54) is 0 Å². The molecule has 0 saturated carbocycles. The number of hydrogen-bond donors (Lipinski definition) is 1. The molecule has 7 heteroatoms. The number of benzene rings is 1. The van der Waals surface area contributed by atoms with Crippen LogP contribution in [0.25, 0.3) is 0 Å². The lowest BCUT2D eigenvalue weighted by atomic mass is 10.2. The number of nitrogens with one attached hydrogen (secondary N) is 1. The highest BCUT2D eigenvalue weighted by Crippen LogP contribution is 2.32. The van der Waals surface area contributed by atoms with E-state index in [2.05, 4.69) is 42.4 Å². The maximum Gasteiger partial charge on any atom is 0.277 e. The van der Waals surface area contributed by atoms with E-state index in [9.17, 15) is 4.79 Å². The number of nitrogens with zero attached hydrogens (tertiary/aromatic N) is 1. The number of aryl methyl sites for hydroxylation is 2. The zero-order chi connectivity index (χ0) is 16.1. The summed E-state index contributed by atoms with van der Waals surface area (Å²) in [5.41, 5.74) is 4.53. The van der Waals surface area contributed by atoms with Crippen molar-refractivity contribution in [2.24, 2.45) is 5.10 Å². The third-order valence-corrected chi connectivity index (χ3v) is 4.81. The Kier molecular flexibility index (Phi) is 6.16. The normalized spacial score (nSPS) is 10.9. The summed E-state index contributed by atoms with van der Waals surface area (Å²) in [6.07, 6.45) is 1.64. The number of hydrazone groups is 1. The topological polar surface area (TPSA) is 50.7 Å². The molecule has 0 aliphatic carbocycles. The van der Waals surface area contributed by atoms with E-state index in [0.29, 0.717) is 5.75 Å². The monoisotopic (exact) mass is 444 g/mol. The van der Waals surface area contributed by atoms with Gasteiger partial charge in [-0.3, -0.25) is 4.79 Å². The molecule has 0 bridgehead atoms. The summed E-state index contributed by atoms with van der Waals surface area (Å²) in [6, 6.07) is 5.80. The second-order valence-corrected chi connectivity index (χ2v) is 7.30. The molecule has 4 nitrogen and oxygen atoms in total. The van der Waals surface area contributed by atoms with Crippen molar-refractivity contribution < 1.29 is 9.53 Å². The molecule has 0 radical (unpaired) electrons. The maximum atomic E-state index is 11.7. The second-order valence-electron chi connectivity index (χ2n) is 4.58. The molecule has 1 aromatic heterocycles. The van der Waals surface area contributed by atoms with E-state index in [0.717, 1.165) is 24.9 Å². The van der Waals surface area contributed by atoms with E-state index in [4.69, 9.17) is 4.74 Å². The number of thiophene rings is 1. The summed E-state index contributed by atoms with van der Waals surface area (Å²) >= 11 is 8.40. The van der Waals surface area contributed by atoms with Crippen molar-refractivity contribution in [3.63, 3.8) is 0 Å². The molecule has 0 atom stereocenters. The van der Waals surface area contributed by atoms with Crippen molar-refractivity contribution in [2.75, 3.05) is 6.61 Å². The number of hydrogen-bond acceptors (Lipinski definition) is 4. The molecule has 1 N–H and O–H groups in total. The van der Waals surface area contributed by atoms with Crippen LogP contribution in [0, 0.1) is 13.8 Å². The molecule has 0 saturated heterocycles.